The topological polar surface area (TPSA) is 88.8 Å². The first kappa shape index (κ1) is 19.5. The first-order valence-electron chi connectivity index (χ1n) is 8.53. The van der Waals surface area contributed by atoms with Crippen molar-refractivity contribution in [1.29, 1.82) is 0 Å². The number of fused-ring (bicyclic) bond motifs is 1. The second-order valence-electron chi connectivity index (χ2n) is 6.78. The molecule has 0 aliphatic heterocycles. The zero-order valence-electron chi connectivity index (χ0n) is 15.5. The molecule has 0 aliphatic rings. The van der Waals surface area contributed by atoms with Gasteiger partial charge in [0.15, 0.2) is 0 Å². The Morgan fingerprint density at radius 3 is 2.58 bits per heavy atom. The molecular weight excluding hydrogens is 328 g/mol. The number of rotatable bonds is 6. The predicted molar refractivity (Wildman–Crippen MR) is 105 cm³/mol. The van der Waals surface area contributed by atoms with Crippen LogP contribution >= 0.6 is 0 Å². The minimum atomic E-state index is -0.314. The lowest BCUT2D eigenvalue weighted by atomic mass is 10.0. The van der Waals surface area contributed by atoms with Gasteiger partial charge in [-0.05, 0) is 35.2 Å². The number of carbonyl (C=O) groups excluding carboxylic acids is 1. The van der Waals surface area contributed by atoms with Gasteiger partial charge in [0.2, 0.25) is 5.91 Å². The molecule has 5 nitrogen and oxygen atoms in total. The SMILES string of the molecule is COc1ccccc1-c1ccc2c(c1)c(CC(N)=O)cn2CC(C)C.O. The maximum Gasteiger partial charge on any atom is 0.221 e. The Morgan fingerprint density at radius 1 is 1.19 bits per heavy atom. The maximum absolute atomic E-state index is 11.5. The fourth-order valence-corrected chi connectivity index (χ4v) is 3.29. The van der Waals surface area contributed by atoms with Gasteiger partial charge in [0, 0.05) is 29.2 Å². The summed E-state index contributed by atoms with van der Waals surface area (Å²) in [5.74, 6) is 1.04. The standard InChI is InChI=1S/C21H24N2O2.H2O/c1-14(2)12-23-13-16(11-21(22)24)18-10-15(8-9-19(18)23)17-6-4-5-7-20(17)25-3;/h4-10,13-14H,11-12H2,1-3H3,(H2,22,24);1H2. The molecule has 26 heavy (non-hydrogen) atoms. The van der Waals surface area contributed by atoms with Gasteiger partial charge in [-0.25, -0.2) is 0 Å². The van der Waals surface area contributed by atoms with E-state index >= 15 is 0 Å². The number of para-hydroxylation sites is 1. The van der Waals surface area contributed by atoms with E-state index in [1.807, 2.05) is 24.3 Å². The quantitative estimate of drug-likeness (QED) is 0.737. The average molecular weight is 354 g/mol. The van der Waals surface area contributed by atoms with E-state index in [0.717, 1.165) is 39.9 Å². The van der Waals surface area contributed by atoms with Gasteiger partial charge < -0.3 is 20.5 Å². The Balaban J connectivity index is 0.00000243. The van der Waals surface area contributed by atoms with Gasteiger partial charge in [-0.2, -0.15) is 0 Å². The van der Waals surface area contributed by atoms with E-state index in [1.54, 1.807) is 7.11 Å². The zero-order chi connectivity index (χ0) is 18.0. The third-order valence-corrected chi connectivity index (χ3v) is 4.31. The summed E-state index contributed by atoms with van der Waals surface area (Å²) in [5.41, 5.74) is 9.66. The molecule has 5 heteroatoms. The van der Waals surface area contributed by atoms with Crippen LogP contribution < -0.4 is 10.5 Å². The molecule has 0 radical (unpaired) electrons. The maximum atomic E-state index is 11.5. The van der Waals surface area contributed by atoms with Crippen molar-refractivity contribution in [2.24, 2.45) is 11.7 Å². The molecule has 2 aromatic carbocycles. The Labute approximate surface area is 153 Å². The molecule has 0 saturated heterocycles. The molecular formula is C21H26N2O3. The van der Waals surface area contributed by atoms with Gasteiger partial charge in [0.25, 0.3) is 0 Å². The fraction of sp³-hybridized carbons (Fsp3) is 0.286. The van der Waals surface area contributed by atoms with Crippen LogP contribution in [-0.4, -0.2) is 23.1 Å². The summed E-state index contributed by atoms with van der Waals surface area (Å²) in [7, 11) is 1.68. The Bertz CT molecular complexity index is 913. The van der Waals surface area contributed by atoms with Crippen molar-refractivity contribution in [1.82, 2.24) is 4.57 Å². The van der Waals surface area contributed by atoms with Crippen LogP contribution in [0.2, 0.25) is 0 Å². The van der Waals surface area contributed by atoms with E-state index in [4.69, 9.17) is 10.5 Å². The minimum absolute atomic E-state index is 0. The normalized spacial score (nSPS) is 10.8. The summed E-state index contributed by atoms with van der Waals surface area (Å²) in [6.45, 7) is 5.27. The molecule has 138 valence electrons. The van der Waals surface area contributed by atoms with Gasteiger partial charge in [-0.15, -0.1) is 0 Å². The van der Waals surface area contributed by atoms with Crippen molar-refractivity contribution >= 4 is 16.8 Å². The summed E-state index contributed by atoms with van der Waals surface area (Å²) in [4.78, 5) is 11.5. The largest absolute Gasteiger partial charge is 0.496 e. The Hall–Kier alpha value is -2.79. The smallest absolute Gasteiger partial charge is 0.221 e. The van der Waals surface area contributed by atoms with Gasteiger partial charge in [-0.1, -0.05) is 38.1 Å². The van der Waals surface area contributed by atoms with Crippen LogP contribution in [0, 0.1) is 5.92 Å². The Morgan fingerprint density at radius 2 is 1.92 bits per heavy atom. The zero-order valence-corrected chi connectivity index (χ0v) is 15.5. The average Bonchev–Trinajstić information content (AvgIpc) is 2.90. The molecule has 0 aliphatic carbocycles. The lowest BCUT2D eigenvalue weighted by Crippen LogP contribution is -2.13. The van der Waals surface area contributed by atoms with Gasteiger partial charge >= 0.3 is 0 Å². The van der Waals surface area contributed by atoms with Crippen molar-refractivity contribution in [2.45, 2.75) is 26.8 Å². The third-order valence-electron chi connectivity index (χ3n) is 4.31. The van der Waals surface area contributed by atoms with Crippen molar-refractivity contribution in [3.05, 3.63) is 54.2 Å². The highest BCUT2D eigenvalue weighted by Crippen LogP contribution is 2.33. The monoisotopic (exact) mass is 354 g/mol. The number of nitrogens with two attached hydrogens (primary N) is 1. The lowest BCUT2D eigenvalue weighted by molar-refractivity contribution is -0.117. The molecule has 0 spiro atoms. The first-order chi connectivity index (χ1) is 12.0. The van der Waals surface area contributed by atoms with E-state index < -0.39 is 0 Å². The van der Waals surface area contributed by atoms with E-state index in [-0.39, 0.29) is 17.8 Å². The summed E-state index contributed by atoms with van der Waals surface area (Å²) in [6, 6.07) is 14.3. The molecule has 1 heterocycles. The highest BCUT2D eigenvalue weighted by atomic mass is 16.5. The van der Waals surface area contributed by atoms with Crippen LogP contribution in [0.4, 0.5) is 0 Å². The predicted octanol–water partition coefficient (Wildman–Crippen LogP) is 3.18. The number of hydrogen-bond donors (Lipinski definition) is 1. The molecule has 0 bridgehead atoms. The molecule has 0 unspecified atom stereocenters. The van der Waals surface area contributed by atoms with Crippen molar-refractivity contribution in [3.63, 3.8) is 0 Å². The lowest BCUT2D eigenvalue weighted by Gasteiger charge is -2.10. The summed E-state index contributed by atoms with van der Waals surface area (Å²) in [6.07, 6.45) is 2.30. The number of aromatic nitrogens is 1. The van der Waals surface area contributed by atoms with E-state index in [2.05, 4.69) is 42.8 Å². The number of hydrogen-bond acceptors (Lipinski definition) is 2. The van der Waals surface area contributed by atoms with Crippen LogP contribution in [0.25, 0.3) is 22.0 Å². The number of nitrogens with zero attached hydrogens (tertiary/aromatic N) is 1. The third kappa shape index (κ3) is 3.89. The summed E-state index contributed by atoms with van der Waals surface area (Å²) < 4.78 is 7.70. The van der Waals surface area contributed by atoms with E-state index in [0.29, 0.717) is 5.92 Å². The molecule has 1 aromatic heterocycles. The van der Waals surface area contributed by atoms with Crippen molar-refractivity contribution < 1.29 is 15.0 Å². The van der Waals surface area contributed by atoms with Gasteiger partial charge in [-0.3, -0.25) is 4.79 Å². The highest BCUT2D eigenvalue weighted by Gasteiger charge is 2.14. The molecule has 3 aromatic rings. The van der Waals surface area contributed by atoms with E-state index in [9.17, 15) is 4.79 Å². The van der Waals surface area contributed by atoms with Crippen LogP contribution in [0.5, 0.6) is 5.75 Å². The fourth-order valence-electron chi connectivity index (χ4n) is 3.29. The molecule has 4 N–H and O–H groups in total. The number of primary amides is 1. The molecule has 0 saturated carbocycles. The minimum Gasteiger partial charge on any atom is -0.496 e. The number of methoxy groups -OCH3 is 1. The van der Waals surface area contributed by atoms with Crippen LogP contribution in [-0.2, 0) is 17.8 Å². The number of ether oxygens (including phenoxy) is 1. The molecule has 0 atom stereocenters. The van der Waals surface area contributed by atoms with Gasteiger partial charge in [0.1, 0.15) is 5.75 Å². The number of benzene rings is 2. The van der Waals surface area contributed by atoms with Crippen molar-refractivity contribution in [2.75, 3.05) is 7.11 Å². The van der Waals surface area contributed by atoms with E-state index in [1.165, 1.54) is 0 Å². The first-order valence-corrected chi connectivity index (χ1v) is 8.53. The van der Waals surface area contributed by atoms with Crippen LogP contribution in [0.1, 0.15) is 19.4 Å². The van der Waals surface area contributed by atoms with Crippen molar-refractivity contribution in [3.8, 4) is 16.9 Å². The summed E-state index contributed by atoms with van der Waals surface area (Å²) in [5, 5.41) is 1.07. The highest BCUT2D eigenvalue weighted by molar-refractivity contribution is 5.92. The molecule has 3 rings (SSSR count). The number of carbonyl (C=O) groups is 1. The number of amides is 1. The summed E-state index contributed by atoms with van der Waals surface area (Å²) >= 11 is 0. The van der Waals surface area contributed by atoms with Gasteiger partial charge in [0.05, 0.1) is 13.5 Å². The van der Waals surface area contributed by atoms with Crippen LogP contribution in [0.3, 0.4) is 0 Å². The van der Waals surface area contributed by atoms with Crippen LogP contribution in [0.15, 0.2) is 48.7 Å². The molecule has 0 fully saturated rings. The second-order valence-corrected chi connectivity index (χ2v) is 6.78. The second kappa shape index (κ2) is 8.06. The Kier molecular flexibility index (Phi) is 6.05. The molecule has 1 amide bonds.